The molecule has 0 N–H and O–H groups in total. The molecule has 7 nitrogen and oxygen atoms in total. The topological polar surface area (TPSA) is 78.0 Å². The molecule has 2 saturated heterocycles. The van der Waals surface area contributed by atoms with Crippen LogP contribution in [0.5, 0.6) is 0 Å². The highest BCUT2D eigenvalue weighted by atomic mass is 19.1. The van der Waals surface area contributed by atoms with Crippen LogP contribution < -0.4 is 4.90 Å². The van der Waals surface area contributed by atoms with Crippen molar-refractivity contribution >= 4 is 29.3 Å². The number of likely N-dealkylation sites (tertiary alicyclic amines) is 1. The van der Waals surface area contributed by atoms with E-state index in [1.54, 1.807) is 11.0 Å². The van der Waals surface area contributed by atoms with E-state index in [9.17, 15) is 23.6 Å². The molecule has 35 heavy (non-hydrogen) atoms. The zero-order valence-corrected chi connectivity index (χ0v) is 19.5. The number of benzene rings is 2. The summed E-state index contributed by atoms with van der Waals surface area (Å²) in [6, 6.07) is 14.7. The minimum Gasteiger partial charge on any atom is -0.332 e. The van der Waals surface area contributed by atoms with Crippen LogP contribution in [-0.4, -0.2) is 59.1 Å². The number of imide groups is 1. The Hall–Kier alpha value is -3.55. The summed E-state index contributed by atoms with van der Waals surface area (Å²) < 4.78 is 14.2. The largest absolute Gasteiger partial charge is 0.332 e. The van der Waals surface area contributed by atoms with Gasteiger partial charge in [-0.25, -0.2) is 4.39 Å². The minimum atomic E-state index is -1.46. The number of halogens is 1. The van der Waals surface area contributed by atoms with Crippen molar-refractivity contribution in [2.45, 2.75) is 50.0 Å². The number of hydrogen-bond acceptors (Lipinski definition) is 4. The fraction of sp³-hybridized carbons (Fsp3) is 0.407. The monoisotopic (exact) mass is 477 g/mol. The second kappa shape index (κ2) is 9.24. The third-order valence-electron chi connectivity index (χ3n) is 7.51. The van der Waals surface area contributed by atoms with E-state index in [1.807, 2.05) is 30.3 Å². The molecule has 0 spiro atoms. The molecule has 0 bridgehead atoms. The van der Waals surface area contributed by atoms with Gasteiger partial charge in [-0.1, -0.05) is 43.2 Å². The summed E-state index contributed by atoms with van der Waals surface area (Å²) in [6.45, 7) is 0.539. The first-order chi connectivity index (χ1) is 16.9. The third kappa shape index (κ3) is 4.22. The number of carbonyl (C=O) groups is 4. The molecule has 3 aliphatic rings. The van der Waals surface area contributed by atoms with E-state index >= 15 is 0 Å². The van der Waals surface area contributed by atoms with E-state index in [-0.39, 0.29) is 43.1 Å². The van der Waals surface area contributed by atoms with Gasteiger partial charge >= 0.3 is 0 Å². The van der Waals surface area contributed by atoms with Gasteiger partial charge in [0.1, 0.15) is 12.4 Å². The van der Waals surface area contributed by atoms with Crippen LogP contribution in [0.4, 0.5) is 10.1 Å². The highest BCUT2D eigenvalue weighted by molar-refractivity contribution is 6.11. The van der Waals surface area contributed by atoms with Gasteiger partial charge in [-0.15, -0.1) is 0 Å². The summed E-state index contributed by atoms with van der Waals surface area (Å²) in [4.78, 5) is 57.6. The molecule has 2 aliphatic heterocycles. The summed E-state index contributed by atoms with van der Waals surface area (Å²) in [6.07, 6.45) is 2.95. The van der Waals surface area contributed by atoms with Crippen molar-refractivity contribution in [1.82, 2.24) is 9.80 Å². The Kier molecular flexibility index (Phi) is 6.13. The van der Waals surface area contributed by atoms with E-state index in [4.69, 9.17) is 0 Å². The molecule has 1 aliphatic carbocycles. The molecule has 1 atom stereocenters. The average Bonchev–Trinajstić information content (AvgIpc) is 3.46. The average molecular weight is 478 g/mol. The number of hydrogen-bond donors (Lipinski definition) is 0. The van der Waals surface area contributed by atoms with Crippen LogP contribution in [0, 0.1) is 5.82 Å². The van der Waals surface area contributed by atoms with Crippen molar-refractivity contribution in [2.75, 3.05) is 24.5 Å². The van der Waals surface area contributed by atoms with Crippen molar-refractivity contribution < 1.29 is 23.6 Å². The Morgan fingerprint density at radius 2 is 1.69 bits per heavy atom. The molecule has 2 aromatic carbocycles. The van der Waals surface area contributed by atoms with Gasteiger partial charge in [-0.3, -0.25) is 24.1 Å². The van der Waals surface area contributed by atoms with E-state index in [0.29, 0.717) is 18.7 Å². The van der Waals surface area contributed by atoms with Gasteiger partial charge < -0.3 is 9.80 Å². The van der Waals surface area contributed by atoms with E-state index in [0.717, 1.165) is 31.4 Å². The lowest BCUT2D eigenvalue weighted by Crippen LogP contribution is -2.54. The lowest BCUT2D eigenvalue weighted by Gasteiger charge is -2.36. The lowest BCUT2D eigenvalue weighted by atomic mass is 9.75. The Labute approximate surface area is 203 Å². The normalized spacial score (nSPS) is 23.5. The van der Waals surface area contributed by atoms with Crippen molar-refractivity contribution in [2.24, 2.45) is 0 Å². The zero-order valence-electron chi connectivity index (χ0n) is 19.5. The number of carbonyl (C=O) groups excluding carboxylic acids is 4. The van der Waals surface area contributed by atoms with Crippen LogP contribution >= 0.6 is 0 Å². The van der Waals surface area contributed by atoms with E-state index in [1.165, 1.54) is 28.0 Å². The van der Waals surface area contributed by atoms with Gasteiger partial charge in [-0.05, 0) is 42.7 Å². The van der Waals surface area contributed by atoms with Crippen molar-refractivity contribution in [3.05, 3.63) is 66.0 Å². The van der Waals surface area contributed by atoms with Crippen molar-refractivity contribution in [3.63, 3.8) is 0 Å². The van der Waals surface area contributed by atoms with Gasteiger partial charge in [0.25, 0.3) is 0 Å². The number of anilines is 1. The molecule has 182 valence electrons. The standard InChI is InChI=1S/C27H28FN3O4/c28-20-8-6-7-19(15-20)27(17-24(33)31(26(27)35)22-11-4-5-12-22)16-23(32)29-13-14-30(25(34)18-29)21-9-2-1-3-10-21/h1-3,6-10,15,22H,4-5,11-14,16-18H2/t27-/m1/s1. The number of nitrogens with zero attached hydrogens (tertiary/aromatic N) is 3. The molecule has 3 fully saturated rings. The lowest BCUT2D eigenvalue weighted by molar-refractivity contribution is -0.145. The van der Waals surface area contributed by atoms with Crippen molar-refractivity contribution in [3.8, 4) is 0 Å². The van der Waals surface area contributed by atoms with Gasteiger partial charge in [0.15, 0.2) is 0 Å². The highest BCUT2D eigenvalue weighted by Crippen LogP contribution is 2.43. The van der Waals surface area contributed by atoms with Crippen molar-refractivity contribution in [1.29, 1.82) is 0 Å². The predicted molar refractivity (Wildman–Crippen MR) is 127 cm³/mol. The maximum absolute atomic E-state index is 14.2. The summed E-state index contributed by atoms with van der Waals surface area (Å²) in [7, 11) is 0. The second-order valence-electron chi connectivity index (χ2n) is 9.65. The predicted octanol–water partition coefficient (Wildman–Crippen LogP) is 3.03. The first kappa shape index (κ1) is 23.2. The van der Waals surface area contributed by atoms with Gasteiger partial charge in [0.2, 0.25) is 23.6 Å². The summed E-state index contributed by atoms with van der Waals surface area (Å²) in [5, 5.41) is 0. The summed E-state index contributed by atoms with van der Waals surface area (Å²) >= 11 is 0. The van der Waals surface area contributed by atoms with Crippen LogP contribution in [0.3, 0.4) is 0 Å². The molecule has 5 rings (SSSR count). The Morgan fingerprint density at radius 1 is 0.943 bits per heavy atom. The molecule has 1 saturated carbocycles. The smallest absolute Gasteiger partial charge is 0.246 e. The Balaban J connectivity index is 1.40. The van der Waals surface area contributed by atoms with Gasteiger partial charge in [0, 0.05) is 37.7 Å². The minimum absolute atomic E-state index is 0.110. The van der Waals surface area contributed by atoms with Crippen LogP contribution in [0.25, 0.3) is 0 Å². The fourth-order valence-electron chi connectivity index (χ4n) is 5.68. The maximum Gasteiger partial charge on any atom is 0.246 e. The first-order valence-corrected chi connectivity index (χ1v) is 12.1. The fourth-order valence-corrected chi connectivity index (χ4v) is 5.68. The third-order valence-corrected chi connectivity index (χ3v) is 7.51. The summed E-state index contributed by atoms with van der Waals surface area (Å²) in [5.74, 6) is -1.87. The van der Waals surface area contributed by atoms with Gasteiger partial charge in [-0.2, -0.15) is 0 Å². The van der Waals surface area contributed by atoms with E-state index in [2.05, 4.69) is 0 Å². The number of piperazine rings is 1. The Bertz CT molecular complexity index is 1160. The van der Waals surface area contributed by atoms with Crippen LogP contribution in [-0.2, 0) is 24.6 Å². The zero-order chi connectivity index (χ0) is 24.6. The second-order valence-corrected chi connectivity index (χ2v) is 9.65. The molecule has 0 radical (unpaired) electrons. The summed E-state index contributed by atoms with van der Waals surface area (Å²) in [5.41, 5.74) is -0.359. The first-order valence-electron chi connectivity index (χ1n) is 12.1. The quantitative estimate of drug-likeness (QED) is 0.621. The molecular weight excluding hydrogens is 449 g/mol. The van der Waals surface area contributed by atoms with E-state index < -0.39 is 17.1 Å². The molecule has 0 aromatic heterocycles. The van der Waals surface area contributed by atoms with Crippen LogP contribution in [0.15, 0.2) is 54.6 Å². The van der Waals surface area contributed by atoms with Gasteiger partial charge in [0.05, 0.1) is 5.41 Å². The molecule has 0 unspecified atom stereocenters. The van der Waals surface area contributed by atoms with Crippen LogP contribution in [0.2, 0.25) is 0 Å². The number of para-hydroxylation sites is 1. The molecular formula is C27H28FN3O4. The number of rotatable bonds is 5. The highest BCUT2D eigenvalue weighted by Gasteiger charge is 2.56. The molecule has 2 aromatic rings. The maximum atomic E-state index is 14.2. The molecule has 4 amide bonds. The molecule has 8 heteroatoms. The molecule has 2 heterocycles. The SMILES string of the molecule is O=C(C[C@]1(c2cccc(F)c2)CC(=O)N(C2CCCC2)C1=O)N1CCN(c2ccccc2)C(=O)C1. The van der Waals surface area contributed by atoms with Crippen LogP contribution in [0.1, 0.15) is 44.1 Å². The number of amides is 4. The Morgan fingerprint density at radius 3 is 2.37 bits per heavy atom.